The van der Waals surface area contributed by atoms with Crippen LogP contribution in [0.15, 0.2) is 24.4 Å². The number of nitro benzene ring substituents is 1. The Hall–Kier alpha value is -1.99. The smallest absolute Gasteiger partial charge is 0.270 e. The number of aryl methyl sites for hydroxylation is 1. The summed E-state index contributed by atoms with van der Waals surface area (Å²) in [5.41, 5.74) is 0.833. The highest BCUT2D eigenvalue weighted by molar-refractivity contribution is 7.11. The van der Waals surface area contributed by atoms with Crippen LogP contribution in [-0.2, 0) is 13.1 Å². The molecule has 7 heteroatoms. The highest BCUT2D eigenvalue weighted by Crippen LogP contribution is 2.24. The number of aromatic nitrogens is 1. The Bertz CT molecular complexity index is 613. The SMILES string of the molecule is COc1ccc([N+](=O)[O-])cc1CNCc1cnc(C)s1. The second kappa shape index (κ2) is 6.44. The molecule has 2 rings (SSSR count). The van der Waals surface area contributed by atoms with Gasteiger partial charge in [-0.25, -0.2) is 4.98 Å². The molecule has 0 fully saturated rings. The number of non-ortho nitro benzene ring substituents is 1. The first-order valence-corrected chi connectivity index (χ1v) is 6.85. The largest absolute Gasteiger partial charge is 0.496 e. The second-order valence-electron chi connectivity index (χ2n) is 4.20. The standard InChI is InChI=1S/C13H15N3O3S/c1-9-15-8-12(20-9)7-14-6-10-5-11(16(17)18)3-4-13(10)19-2/h3-5,8,14H,6-7H2,1-2H3. The quantitative estimate of drug-likeness (QED) is 0.654. The van der Waals surface area contributed by atoms with Crippen LogP contribution in [0.2, 0.25) is 0 Å². The third-order valence-electron chi connectivity index (χ3n) is 2.76. The van der Waals surface area contributed by atoms with Crippen LogP contribution >= 0.6 is 11.3 Å². The van der Waals surface area contributed by atoms with Crippen LogP contribution in [0, 0.1) is 17.0 Å². The molecule has 1 N–H and O–H groups in total. The van der Waals surface area contributed by atoms with E-state index in [1.54, 1.807) is 24.5 Å². The molecule has 1 aromatic carbocycles. The van der Waals surface area contributed by atoms with Gasteiger partial charge >= 0.3 is 0 Å². The van der Waals surface area contributed by atoms with Crippen molar-refractivity contribution in [3.05, 3.63) is 50.0 Å². The number of nitro groups is 1. The van der Waals surface area contributed by atoms with Gasteiger partial charge in [0.1, 0.15) is 5.75 Å². The van der Waals surface area contributed by atoms with Crippen LogP contribution in [0.3, 0.4) is 0 Å². The maximum atomic E-state index is 10.8. The van der Waals surface area contributed by atoms with E-state index in [0.717, 1.165) is 15.4 Å². The number of hydrogen-bond acceptors (Lipinski definition) is 6. The predicted octanol–water partition coefficient (Wildman–Crippen LogP) is 2.66. The van der Waals surface area contributed by atoms with Gasteiger partial charge in [0.15, 0.2) is 0 Å². The van der Waals surface area contributed by atoms with Gasteiger partial charge in [-0.1, -0.05) is 0 Å². The molecule has 6 nitrogen and oxygen atoms in total. The first-order chi connectivity index (χ1) is 9.60. The van der Waals surface area contributed by atoms with Gasteiger partial charge in [0.25, 0.3) is 5.69 Å². The Morgan fingerprint density at radius 1 is 1.45 bits per heavy atom. The molecule has 0 saturated heterocycles. The first kappa shape index (κ1) is 14.4. The summed E-state index contributed by atoms with van der Waals surface area (Å²) < 4.78 is 5.21. The van der Waals surface area contributed by atoms with Crippen molar-refractivity contribution in [3.63, 3.8) is 0 Å². The molecule has 1 aromatic heterocycles. The van der Waals surface area contributed by atoms with Crippen molar-refractivity contribution in [2.75, 3.05) is 7.11 Å². The van der Waals surface area contributed by atoms with Crippen molar-refractivity contribution in [2.45, 2.75) is 20.0 Å². The molecule has 0 atom stereocenters. The van der Waals surface area contributed by atoms with Crippen molar-refractivity contribution in [1.29, 1.82) is 0 Å². The fraction of sp³-hybridized carbons (Fsp3) is 0.308. The summed E-state index contributed by atoms with van der Waals surface area (Å²) >= 11 is 1.63. The highest BCUT2D eigenvalue weighted by atomic mass is 32.1. The maximum absolute atomic E-state index is 10.8. The van der Waals surface area contributed by atoms with Crippen LogP contribution in [0.25, 0.3) is 0 Å². The molecule has 2 aromatic rings. The summed E-state index contributed by atoms with van der Waals surface area (Å²) in [6, 6.07) is 4.59. The van der Waals surface area contributed by atoms with E-state index in [9.17, 15) is 10.1 Å². The number of nitrogens with zero attached hydrogens (tertiary/aromatic N) is 2. The number of thiazole rings is 1. The Kier molecular flexibility index (Phi) is 4.65. The Balaban J connectivity index is 2.03. The van der Waals surface area contributed by atoms with E-state index in [0.29, 0.717) is 18.8 Å². The van der Waals surface area contributed by atoms with Gasteiger partial charge in [0, 0.05) is 41.9 Å². The lowest BCUT2D eigenvalue weighted by Crippen LogP contribution is -2.12. The molecule has 0 spiro atoms. The van der Waals surface area contributed by atoms with E-state index >= 15 is 0 Å². The van der Waals surface area contributed by atoms with Crippen molar-refractivity contribution in [1.82, 2.24) is 10.3 Å². The second-order valence-corrected chi connectivity index (χ2v) is 5.52. The van der Waals surface area contributed by atoms with Gasteiger partial charge in [-0.3, -0.25) is 10.1 Å². The van der Waals surface area contributed by atoms with Crippen LogP contribution in [0.4, 0.5) is 5.69 Å². The minimum atomic E-state index is -0.407. The number of rotatable bonds is 6. The van der Waals surface area contributed by atoms with Crippen molar-refractivity contribution < 1.29 is 9.66 Å². The van der Waals surface area contributed by atoms with Gasteiger partial charge in [0.05, 0.1) is 17.0 Å². The topological polar surface area (TPSA) is 77.3 Å². The number of ether oxygens (including phenoxy) is 1. The highest BCUT2D eigenvalue weighted by Gasteiger charge is 2.11. The average molecular weight is 293 g/mol. The molecule has 0 radical (unpaired) electrons. The summed E-state index contributed by atoms with van der Waals surface area (Å²) in [4.78, 5) is 15.7. The summed E-state index contributed by atoms with van der Waals surface area (Å²) in [6.07, 6.45) is 1.83. The normalized spacial score (nSPS) is 10.5. The van der Waals surface area contributed by atoms with Gasteiger partial charge in [0.2, 0.25) is 0 Å². The molecule has 0 unspecified atom stereocenters. The summed E-state index contributed by atoms with van der Waals surface area (Å²) in [7, 11) is 1.55. The molecular weight excluding hydrogens is 278 g/mol. The van der Waals surface area contributed by atoms with E-state index in [2.05, 4.69) is 10.3 Å². The van der Waals surface area contributed by atoms with Gasteiger partial charge in [-0.15, -0.1) is 11.3 Å². The van der Waals surface area contributed by atoms with E-state index in [1.807, 2.05) is 13.1 Å². The Morgan fingerprint density at radius 2 is 2.25 bits per heavy atom. The van der Waals surface area contributed by atoms with Crippen molar-refractivity contribution in [3.8, 4) is 5.75 Å². The molecule has 0 aliphatic heterocycles. The number of benzene rings is 1. The lowest BCUT2D eigenvalue weighted by atomic mass is 10.1. The third-order valence-corrected chi connectivity index (χ3v) is 3.67. The fourth-order valence-electron chi connectivity index (χ4n) is 1.82. The third kappa shape index (κ3) is 3.52. The molecule has 0 amide bonds. The molecule has 106 valence electrons. The summed E-state index contributed by atoms with van der Waals surface area (Å²) in [5.74, 6) is 0.642. The van der Waals surface area contributed by atoms with Gasteiger partial charge in [-0.05, 0) is 13.0 Å². The number of methoxy groups -OCH3 is 1. The lowest BCUT2D eigenvalue weighted by Gasteiger charge is -2.08. The fourth-order valence-corrected chi connectivity index (χ4v) is 2.59. The average Bonchev–Trinajstić information content (AvgIpc) is 2.84. The summed E-state index contributed by atoms with van der Waals surface area (Å²) in [6.45, 7) is 3.14. The van der Waals surface area contributed by atoms with Gasteiger partial charge in [-0.2, -0.15) is 0 Å². The van der Waals surface area contributed by atoms with Crippen LogP contribution in [-0.4, -0.2) is 17.0 Å². The zero-order valence-corrected chi connectivity index (χ0v) is 12.1. The Labute approximate surface area is 120 Å². The molecule has 1 heterocycles. The number of nitrogens with one attached hydrogen (secondary N) is 1. The minimum Gasteiger partial charge on any atom is -0.496 e. The lowest BCUT2D eigenvalue weighted by molar-refractivity contribution is -0.384. The van der Waals surface area contributed by atoms with Crippen LogP contribution < -0.4 is 10.1 Å². The van der Waals surface area contributed by atoms with E-state index in [1.165, 1.54) is 12.1 Å². The Morgan fingerprint density at radius 3 is 2.85 bits per heavy atom. The van der Waals surface area contributed by atoms with Crippen molar-refractivity contribution >= 4 is 17.0 Å². The number of hydrogen-bond donors (Lipinski definition) is 1. The molecular formula is C13H15N3O3S. The molecule has 20 heavy (non-hydrogen) atoms. The van der Waals surface area contributed by atoms with Crippen LogP contribution in [0.5, 0.6) is 5.75 Å². The monoisotopic (exact) mass is 293 g/mol. The maximum Gasteiger partial charge on any atom is 0.270 e. The van der Waals surface area contributed by atoms with Crippen molar-refractivity contribution in [2.24, 2.45) is 0 Å². The predicted molar refractivity (Wildman–Crippen MR) is 77.0 cm³/mol. The molecule has 0 saturated carbocycles. The van der Waals surface area contributed by atoms with E-state index < -0.39 is 4.92 Å². The summed E-state index contributed by atoms with van der Waals surface area (Å²) in [5, 5.41) is 15.1. The molecule has 0 aliphatic rings. The molecule has 0 aliphatic carbocycles. The molecule has 0 bridgehead atoms. The van der Waals surface area contributed by atoms with Gasteiger partial charge < -0.3 is 10.1 Å². The van der Waals surface area contributed by atoms with E-state index in [4.69, 9.17) is 4.74 Å². The zero-order valence-electron chi connectivity index (χ0n) is 11.3. The minimum absolute atomic E-state index is 0.0660. The van der Waals surface area contributed by atoms with Crippen LogP contribution in [0.1, 0.15) is 15.4 Å². The first-order valence-electron chi connectivity index (χ1n) is 6.03. The van der Waals surface area contributed by atoms with E-state index in [-0.39, 0.29) is 5.69 Å². The zero-order chi connectivity index (χ0) is 14.5.